The van der Waals surface area contributed by atoms with Crippen molar-refractivity contribution in [1.82, 2.24) is 34.7 Å². The third-order valence-corrected chi connectivity index (χ3v) is 6.50. The van der Waals surface area contributed by atoms with Crippen molar-refractivity contribution in [2.45, 2.75) is 39.3 Å². The van der Waals surface area contributed by atoms with Gasteiger partial charge in [-0.1, -0.05) is 25.5 Å². The fourth-order valence-electron chi connectivity index (χ4n) is 4.60. The van der Waals surface area contributed by atoms with Crippen LogP contribution in [0.5, 0.6) is 0 Å². The third kappa shape index (κ3) is 4.45. The number of nitrogens with one attached hydrogen (secondary N) is 3. The summed E-state index contributed by atoms with van der Waals surface area (Å²) in [6, 6.07) is 14.2. The van der Waals surface area contributed by atoms with Crippen molar-refractivity contribution in [3.63, 3.8) is 0 Å². The van der Waals surface area contributed by atoms with Gasteiger partial charge in [-0.05, 0) is 55.7 Å². The van der Waals surface area contributed by atoms with E-state index in [9.17, 15) is 5.11 Å². The van der Waals surface area contributed by atoms with Crippen LogP contribution in [0.15, 0.2) is 67.4 Å². The number of aryl methyl sites for hydroxylation is 1. The van der Waals surface area contributed by atoms with Crippen molar-refractivity contribution in [1.29, 1.82) is 0 Å². The van der Waals surface area contributed by atoms with E-state index in [2.05, 4.69) is 43.5 Å². The molecule has 0 radical (unpaired) electrons. The molecule has 0 spiro atoms. The van der Waals surface area contributed by atoms with E-state index in [-0.39, 0.29) is 0 Å². The molecule has 0 aliphatic carbocycles. The summed E-state index contributed by atoms with van der Waals surface area (Å²) in [7, 11) is 0. The van der Waals surface area contributed by atoms with Crippen LogP contribution in [0.3, 0.4) is 0 Å². The average molecular weight is 493 g/mol. The molecule has 0 saturated carbocycles. The van der Waals surface area contributed by atoms with Gasteiger partial charge in [0, 0.05) is 23.3 Å². The largest absolute Gasteiger partial charge is 0.374 e. The molecular weight excluding hydrogens is 464 g/mol. The second kappa shape index (κ2) is 9.51. The maximum Gasteiger partial charge on any atom is 0.159 e. The molecule has 0 aliphatic rings. The van der Waals surface area contributed by atoms with E-state index >= 15 is 0 Å². The van der Waals surface area contributed by atoms with Crippen LogP contribution in [0, 0.1) is 6.92 Å². The number of hydrogen-bond donors (Lipinski definition) is 4. The number of para-hydroxylation sites is 1. The molecule has 2 aromatic carbocycles. The van der Waals surface area contributed by atoms with E-state index < -0.39 is 6.23 Å². The summed E-state index contributed by atoms with van der Waals surface area (Å²) in [4.78, 5) is 17.1. The fourth-order valence-corrected chi connectivity index (χ4v) is 4.60. The molecule has 0 amide bonds. The number of fused-ring (bicyclic) bond motifs is 2. The van der Waals surface area contributed by atoms with Crippen molar-refractivity contribution in [3.8, 4) is 28.3 Å². The molecule has 9 nitrogen and oxygen atoms in total. The number of pyridine rings is 1. The molecule has 6 aromatic rings. The second-order valence-electron chi connectivity index (χ2n) is 9.28. The number of rotatable bonds is 8. The number of aromatic amines is 2. The van der Waals surface area contributed by atoms with E-state index in [4.69, 9.17) is 4.98 Å². The van der Waals surface area contributed by atoms with Crippen molar-refractivity contribution in [3.05, 3.63) is 73.1 Å². The number of hydrogen-bond acceptors (Lipinski definition) is 6. The first-order chi connectivity index (χ1) is 18.1. The molecule has 0 bridgehead atoms. The summed E-state index contributed by atoms with van der Waals surface area (Å²) in [5, 5.41) is 22.1. The Morgan fingerprint density at radius 1 is 1.08 bits per heavy atom. The number of unbranched alkanes of at least 4 members (excludes halogenated alkanes) is 1. The molecule has 6 rings (SSSR count). The van der Waals surface area contributed by atoms with Gasteiger partial charge in [0.15, 0.2) is 5.82 Å². The topological polar surface area (TPSA) is 120 Å². The molecule has 4 N–H and O–H groups in total. The molecule has 0 aliphatic heterocycles. The zero-order valence-electron chi connectivity index (χ0n) is 20.7. The summed E-state index contributed by atoms with van der Waals surface area (Å²) >= 11 is 0. The number of aliphatic hydroxyl groups is 1. The quantitative estimate of drug-likeness (QED) is 0.206. The van der Waals surface area contributed by atoms with Crippen LogP contribution in [-0.2, 0) is 0 Å². The van der Waals surface area contributed by atoms with Gasteiger partial charge >= 0.3 is 0 Å². The normalized spacial score (nSPS) is 12.4. The number of H-pyrrole nitrogens is 2. The van der Waals surface area contributed by atoms with Gasteiger partial charge in [-0.2, -0.15) is 5.10 Å². The van der Waals surface area contributed by atoms with Crippen LogP contribution in [0.2, 0.25) is 0 Å². The number of benzene rings is 2. The Balaban J connectivity index is 1.36. The second-order valence-corrected chi connectivity index (χ2v) is 9.28. The van der Waals surface area contributed by atoms with E-state index in [1.165, 1.54) is 0 Å². The zero-order valence-corrected chi connectivity index (χ0v) is 20.7. The number of imidazole rings is 2. The highest BCUT2D eigenvalue weighted by atomic mass is 16.3. The molecule has 4 heterocycles. The predicted octanol–water partition coefficient (Wildman–Crippen LogP) is 5.58. The monoisotopic (exact) mass is 492 g/mol. The minimum atomic E-state index is -0.593. The number of anilines is 1. The molecule has 1 unspecified atom stereocenters. The van der Waals surface area contributed by atoms with Crippen LogP contribution < -0.4 is 5.32 Å². The van der Waals surface area contributed by atoms with Gasteiger partial charge in [-0.15, -0.1) is 0 Å². The highest BCUT2D eigenvalue weighted by Crippen LogP contribution is 2.32. The molecule has 4 aromatic heterocycles. The Hall–Kier alpha value is -4.50. The lowest BCUT2D eigenvalue weighted by molar-refractivity contribution is 0.190. The highest BCUT2D eigenvalue weighted by Gasteiger charge is 2.16. The standard InChI is InChI=1S/C28H28N8O/c1-3-4-8-25(37)31-20-11-19(13-29-14-20)18-9-10-22-21(12-18)26(35-34-22)28-32-23-6-5-7-24(27(23)33-28)36-15-17(2)30-16-36/h5-7,9-16,25,31,37H,3-4,8H2,1-2H3,(H,32,33)(H,34,35). The third-order valence-electron chi connectivity index (χ3n) is 6.50. The summed E-state index contributed by atoms with van der Waals surface area (Å²) in [5.41, 5.74) is 8.08. The summed E-state index contributed by atoms with van der Waals surface area (Å²) in [6.07, 6.45) is 9.45. The van der Waals surface area contributed by atoms with Crippen molar-refractivity contribution >= 4 is 27.6 Å². The van der Waals surface area contributed by atoms with Crippen LogP contribution in [0.1, 0.15) is 31.9 Å². The van der Waals surface area contributed by atoms with Crippen LogP contribution in [-0.4, -0.2) is 46.0 Å². The van der Waals surface area contributed by atoms with Crippen LogP contribution in [0.4, 0.5) is 5.69 Å². The Morgan fingerprint density at radius 3 is 2.84 bits per heavy atom. The first-order valence-corrected chi connectivity index (χ1v) is 12.5. The number of aliphatic hydroxyl groups excluding tert-OH is 1. The lowest BCUT2D eigenvalue weighted by Crippen LogP contribution is -2.18. The first-order valence-electron chi connectivity index (χ1n) is 12.5. The van der Waals surface area contributed by atoms with Crippen molar-refractivity contribution in [2.75, 3.05) is 5.32 Å². The van der Waals surface area contributed by atoms with Gasteiger partial charge in [0.05, 0.1) is 40.6 Å². The lowest BCUT2D eigenvalue weighted by Gasteiger charge is -2.14. The summed E-state index contributed by atoms with van der Waals surface area (Å²) in [5.74, 6) is 0.690. The van der Waals surface area contributed by atoms with Gasteiger partial charge in [0.2, 0.25) is 0 Å². The SMILES string of the molecule is CCCCC(O)Nc1cncc(-c2ccc3[nH]nc(-c4nc5c(-n6cnc(C)c6)cccc5[nH]4)c3c2)c1. The van der Waals surface area contributed by atoms with E-state index in [1.807, 2.05) is 60.3 Å². The molecule has 9 heteroatoms. The smallest absolute Gasteiger partial charge is 0.159 e. The summed E-state index contributed by atoms with van der Waals surface area (Å²) < 4.78 is 1.98. The Bertz CT molecular complexity index is 1700. The average Bonchev–Trinajstić information content (AvgIpc) is 3.64. The first kappa shape index (κ1) is 22.9. The van der Waals surface area contributed by atoms with E-state index in [1.54, 1.807) is 12.5 Å². The van der Waals surface area contributed by atoms with Gasteiger partial charge in [-0.3, -0.25) is 10.1 Å². The van der Waals surface area contributed by atoms with Crippen molar-refractivity contribution in [2.24, 2.45) is 0 Å². The van der Waals surface area contributed by atoms with Gasteiger partial charge < -0.3 is 20.0 Å². The zero-order chi connectivity index (χ0) is 25.4. The predicted molar refractivity (Wildman–Crippen MR) is 145 cm³/mol. The van der Waals surface area contributed by atoms with Crippen LogP contribution in [0.25, 0.3) is 50.3 Å². The number of aromatic nitrogens is 7. The molecule has 186 valence electrons. The minimum Gasteiger partial charge on any atom is -0.374 e. The Kier molecular flexibility index (Phi) is 5.90. The van der Waals surface area contributed by atoms with E-state index in [0.717, 1.165) is 68.7 Å². The summed E-state index contributed by atoms with van der Waals surface area (Å²) in [6.45, 7) is 4.08. The lowest BCUT2D eigenvalue weighted by atomic mass is 10.0. The fraction of sp³-hybridized carbons (Fsp3) is 0.214. The van der Waals surface area contributed by atoms with Gasteiger partial charge in [0.1, 0.15) is 17.4 Å². The molecule has 1 atom stereocenters. The molecule has 0 fully saturated rings. The van der Waals surface area contributed by atoms with Crippen molar-refractivity contribution < 1.29 is 5.11 Å². The Labute approximate surface area is 213 Å². The maximum absolute atomic E-state index is 10.3. The Morgan fingerprint density at radius 2 is 2.00 bits per heavy atom. The molecular formula is C28H28N8O. The minimum absolute atomic E-state index is 0.593. The maximum atomic E-state index is 10.3. The van der Waals surface area contributed by atoms with Crippen LogP contribution >= 0.6 is 0 Å². The van der Waals surface area contributed by atoms with Gasteiger partial charge in [-0.25, -0.2) is 9.97 Å². The van der Waals surface area contributed by atoms with Gasteiger partial charge in [0.25, 0.3) is 0 Å². The number of nitrogens with zero attached hydrogens (tertiary/aromatic N) is 5. The highest BCUT2D eigenvalue weighted by molar-refractivity contribution is 5.96. The molecule has 0 saturated heterocycles. The van der Waals surface area contributed by atoms with E-state index in [0.29, 0.717) is 12.2 Å². The molecule has 37 heavy (non-hydrogen) atoms.